The molecule has 3 aromatic rings. The number of nitrogens with one attached hydrogen (secondary N) is 2. The van der Waals surface area contributed by atoms with Gasteiger partial charge < -0.3 is 20.8 Å². The molecule has 0 saturated carbocycles. The van der Waals surface area contributed by atoms with Crippen LogP contribution in [0.2, 0.25) is 0 Å². The molecule has 0 aliphatic carbocycles. The van der Waals surface area contributed by atoms with Gasteiger partial charge in [0.05, 0.1) is 12.2 Å². The lowest BCUT2D eigenvalue weighted by Gasteiger charge is -2.11. The molecule has 4 rings (SSSR count). The van der Waals surface area contributed by atoms with Crippen LogP contribution in [0, 0.1) is 0 Å². The van der Waals surface area contributed by atoms with E-state index in [1.165, 1.54) is 13.1 Å². The summed E-state index contributed by atoms with van der Waals surface area (Å²) in [6.45, 7) is 0.406. The number of primary amides is 1. The van der Waals surface area contributed by atoms with Crippen molar-refractivity contribution in [1.29, 1.82) is 0 Å². The average molecular weight is 335 g/mol. The van der Waals surface area contributed by atoms with Crippen LogP contribution in [0.1, 0.15) is 37.8 Å². The second-order valence-electron chi connectivity index (χ2n) is 6.04. The standard InChI is InChI=1S/C19H17N3O3/c1-21-19(24)13-7-10(18(20)23)6-12-15(9-25-17(12)13)14-8-22-16-5-3-2-4-11(14)16/h2-8,15,22H,9H2,1H3,(H2,20,23)(H,21,24). The number of hydrogen-bond acceptors (Lipinski definition) is 3. The lowest BCUT2D eigenvalue weighted by molar-refractivity contribution is 0.0960. The smallest absolute Gasteiger partial charge is 0.254 e. The second kappa shape index (κ2) is 5.66. The molecule has 126 valence electrons. The fraction of sp³-hybridized carbons (Fsp3) is 0.158. The predicted molar refractivity (Wildman–Crippen MR) is 94.0 cm³/mol. The van der Waals surface area contributed by atoms with Gasteiger partial charge in [0.1, 0.15) is 5.75 Å². The Bertz CT molecular complexity index is 1010. The maximum Gasteiger partial charge on any atom is 0.254 e. The van der Waals surface area contributed by atoms with Gasteiger partial charge >= 0.3 is 0 Å². The third-order valence-corrected chi connectivity index (χ3v) is 4.64. The average Bonchev–Trinajstić information content (AvgIpc) is 3.23. The molecule has 1 atom stereocenters. The minimum atomic E-state index is -0.572. The largest absolute Gasteiger partial charge is 0.491 e. The first-order valence-electron chi connectivity index (χ1n) is 7.98. The van der Waals surface area contributed by atoms with Crippen molar-refractivity contribution in [3.05, 3.63) is 64.8 Å². The van der Waals surface area contributed by atoms with Crippen LogP contribution in [-0.2, 0) is 0 Å². The Labute approximate surface area is 144 Å². The fourth-order valence-corrected chi connectivity index (χ4v) is 3.41. The van der Waals surface area contributed by atoms with Crippen LogP contribution in [0.5, 0.6) is 5.75 Å². The van der Waals surface area contributed by atoms with Gasteiger partial charge in [-0.05, 0) is 23.8 Å². The first-order valence-corrected chi connectivity index (χ1v) is 7.98. The quantitative estimate of drug-likeness (QED) is 0.684. The Morgan fingerprint density at radius 3 is 2.80 bits per heavy atom. The summed E-state index contributed by atoms with van der Waals surface area (Å²) >= 11 is 0. The van der Waals surface area contributed by atoms with Crippen molar-refractivity contribution in [2.45, 2.75) is 5.92 Å². The van der Waals surface area contributed by atoms with E-state index in [4.69, 9.17) is 10.5 Å². The van der Waals surface area contributed by atoms with Gasteiger partial charge in [0.25, 0.3) is 5.91 Å². The summed E-state index contributed by atoms with van der Waals surface area (Å²) in [5.74, 6) is -0.440. The highest BCUT2D eigenvalue weighted by Gasteiger charge is 2.32. The zero-order chi connectivity index (χ0) is 17.6. The Morgan fingerprint density at radius 2 is 2.04 bits per heavy atom. The van der Waals surface area contributed by atoms with E-state index in [2.05, 4.69) is 10.3 Å². The summed E-state index contributed by atoms with van der Waals surface area (Å²) in [7, 11) is 1.54. The molecule has 1 aromatic heterocycles. The van der Waals surface area contributed by atoms with Gasteiger partial charge in [-0.1, -0.05) is 18.2 Å². The molecule has 1 unspecified atom stereocenters. The number of rotatable bonds is 3. The SMILES string of the molecule is CNC(=O)c1cc(C(N)=O)cc2c1OCC2c1c[nH]c2ccccc12. The number of carbonyl (C=O) groups excluding carboxylic acids is 2. The topological polar surface area (TPSA) is 97.2 Å². The molecule has 1 aliphatic rings. The highest BCUT2D eigenvalue weighted by Crippen LogP contribution is 2.43. The summed E-state index contributed by atoms with van der Waals surface area (Å²) in [5, 5.41) is 3.67. The predicted octanol–water partition coefficient (Wildman–Crippen LogP) is 2.15. The van der Waals surface area contributed by atoms with E-state index < -0.39 is 5.91 Å². The Morgan fingerprint density at radius 1 is 1.24 bits per heavy atom. The molecule has 25 heavy (non-hydrogen) atoms. The highest BCUT2D eigenvalue weighted by atomic mass is 16.5. The number of hydrogen-bond donors (Lipinski definition) is 3. The lowest BCUT2D eigenvalue weighted by Crippen LogP contribution is -2.20. The number of carbonyl (C=O) groups is 2. The Kier molecular flexibility index (Phi) is 3.46. The molecule has 4 N–H and O–H groups in total. The Hall–Kier alpha value is -3.28. The summed E-state index contributed by atoms with van der Waals surface area (Å²) in [5.41, 5.74) is 8.99. The zero-order valence-corrected chi connectivity index (χ0v) is 13.6. The van der Waals surface area contributed by atoms with Crippen LogP contribution in [0.25, 0.3) is 10.9 Å². The van der Waals surface area contributed by atoms with Crippen molar-refractivity contribution in [2.75, 3.05) is 13.7 Å². The minimum Gasteiger partial charge on any atom is -0.491 e. The molecule has 2 amide bonds. The molecular formula is C19H17N3O3. The first-order chi connectivity index (χ1) is 12.1. The van der Waals surface area contributed by atoms with Gasteiger partial charge in [0.2, 0.25) is 5.91 Å². The van der Waals surface area contributed by atoms with Crippen LogP contribution in [0.15, 0.2) is 42.6 Å². The lowest BCUT2D eigenvalue weighted by atomic mass is 9.90. The number of para-hydroxylation sites is 1. The van der Waals surface area contributed by atoms with E-state index in [-0.39, 0.29) is 11.8 Å². The van der Waals surface area contributed by atoms with E-state index in [9.17, 15) is 9.59 Å². The van der Waals surface area contributed by atoms with Crippen molar-refractivity contribution >= 4 is 22.7 Å². The van der Waals surface area contributed by atoms with E-state index in [0.29, 0.717) is 23.5 Å². The fourth-order valence-electron chi connectivity index (χ4n) is 3.41. The summed E-state index contributed by atoms with van der Waals surface area (Å²) in [6.07, 6.45) is 1.95. The van der Waals surface area contributed by atoms with Crippen LogP contribution < -0.4 is 15.8 Å². The molecule has 0 saturated heterocycles. The first kappa shape index (κ1) is 15.3. The van der Waals surface area contributed by atoms with Gasteiger partial charge in [-0.3, -0.25) is 9.59 Å². The number of nitrogens with two attached hydrogens (primary N) is 1. The van der Waals surface area contributed by atoms with Gasteiger partial charge in [0.15, 0.2) is 0 Å². The van der Waals surface area contributed by atoms with Crippen LogP contribution in [0.3, 0.4) is 0 Å². The number of ether oxygens (including phenoxy) is 1. The zero-order valence-electron chi connectivity index (χ0n) is 13.6. The Balaban J connectivity index is 1.91. The number of benzene rings is 2. The molecule has 6 nitrogen and oxygen atoms in total. The molecule has 2 heterocycles. The van der Waals surface area contributed by atoms with Gasteiger partial charge in [-0.25, -0.2) is 0 Å². The van der Waals surface area contributed by atoms with Gasteiger partial charge in [0, 0.05) is 41.2 Å². The van der Waals surface area contributed by atoms with Crippen LogP contribution in [-0.4, -0.2) is 30.5 Å². The normalized spacial score (nSPS) is 15.6. The molecule has 0 radical (unpaired) electrons. The van der Waals surface area contributed by atoms with Gasteiger partial charge in [-0.2, -0.15) is 0 Å². The number of amides is 2. The maximum atomic E-state index is 12.2. The second-order valence-corrected chi connectivity index (χ2v) is 6.04. The summed E-state index contributed by atoms with van der Waals surface area (Å²) < 4.78 is 5.85. The van der Waals surface area contributed by atoms with E-state index >= 15 is 0 Å². The van der Waals surface area contributed by atoms with Crippen molar-refractivity contribution in [3.63, 3.8) is 0 Å². The number of aromatic nitrogens is 1. The van der Waals surface area contributed by atoms with E-state index in [0.717, 1.165) is 22.0 Å². The van der Waals surface area contributed by atoms with Gasteiger partial charge in [-0.15, -0.1) is 0 Å². The third kappa shape index (κ3) is 2.34. The molecule has 6 heteroatoms. The maximum absolute atomic E-state index is 12.2. The molecule has 2 aromatic carbocycles. The molecule has 0 bridgehead atoms. The summed E-state index contributed by atoms with van der Waals surface area (Å²) in [4.78, 5) is 27.2. The summed E-state index contributed by atoms with van der Waals surface area (Å²) in [6, 6.07) is 11.2. The minimum absolute atomic E-state index is 0.0751. The third-order valence-electron chi connectivity index (χ3n) is 4.64. The number of aromatic amines is 1. The number of H-pyrrole nitrogens is 1. The van der Waals surface area contributed by atoms with Crippen molar-refractivity contribution in [3.8, 4) is 5.75 Å². The molecular weight excluding hydrogens is 318 g/mol. The van der Waals surface area contributed by atoms with Crippen molar-refractivity contribution in [2.24, 2.45) is 5.73 Å². The van der Waals surface area contributed by atoms with E-state index in [1.807, 2.05) is 30.5 Å². The van der Waals surface area contributed by atoms with Crippen molar-refractivity contribution < 1.29 is 14.3 Å². The molecule has 1 aliphatic heterocycles. The van der Waals surface area contributed by atoms with Crippen molar-refractivity contribution in [1.82, 2.24) is 10.3 Å². The monoisotopic (exact) mass is 335 g/mol. The van der Waals surface area contributed by atoms with E-state index in [1.54, 1.807) is 6.07 Å². The highest BCUT2D eigenvalue weighted by molar-refractivity contribution is 6.02. The van der Waals surface area contributed by atoms with Crippen LogP contribution in [0.4, 0.5) is 0 Å². The molecule has 0 spiro atoms. The van der Waals surface area contributed by atoms with Crippen LogP contribution >= 0.6 is 0 Å². The molecule has 0 fully saturated rings. The number of fused-ring (bicyclic) bond motifs is 2.